The lowest BCUT2D eigenvalue weighted by molar-refractivity contribution is 0.388. The molecule has 142 valence electrons. The highest BCUT2D eigenvalue weighted by atomic mass is 32.1. The molecule has 0 aliphatic carbocycles. The van der Waals surface area contributed by atoms with E-state index < -0.39 is 0 Å². The van der Waals surface area contributed by atoms with Crippen LogP contribution in [-0.4, -0.2) is 30.2 Å². The van der Waals surface area contributed by atoms with Gasteiger partial charge in [0.1, 0.15) is 11.4 Å². The number of aryl methyl sites for hydroxylation is 1. The molecule has 0 aliphatic heterocycles. The molecule has 3 rings (SSSR count). The van der Waals surface area contributed by atoms with Crippen LogP contribution in [0.1, 0.15) is 18.2 Å². The van der Waals surface area contributed by atoms with Crippen molar-refractivity contribution in [1.29, 1.82) is 0 Å². The van der Waals surface area contributed by atoms with E-state index >= 15 is 0 Å². The summed E-state index contributed by atoms with van der Waals surface area (Å²) in [6.45, 7) is 1.95. The van der Waals surface area contributed by atoms with Crippen LogP contribution < -0.4 is 10.9 Å². The summed E-state index contributed by atoms with van der Waals surface area (Å²) in [6.07, 6.45) is 2.02. The summed E-state index contributed by atoms with van der Waals surface area (Å²) in [5.74, 6) is -0.743. The van der Waals surface area contributed by atoms with Crippen molar-refractivity contribution < 1.29 is 15.3 Å². The molecule has 0 saturated heterocycles. The molecule has 0 unspecified atom stereocenters. The van der Waals surface area contributed by atoms with Gasteiger partial charge in [-0.2, -0.15) is 0 Å². The first-order valence-electron chi connectivity index (χ1n) is 8.22. The topological polar surface area (TPSA) is 112 Å². The van der Waals surface area contributed by atoms with Gasteiger partial charge in [0.15, 0.2) is 5.69 Å². The van der Waals surface area contributed by atoms with Crippen LogP contribution in [0.3, 0.4) is 0 Å². The number of nitrogens with zero attached hydrogens (tertiary/aromatic N) is 3. The van der Waals surface area contributed by atoms with E-state index in [0.717, 1.165) is 16.7 Å². The lowest BCUT2D eigenvalue weighted by Gasteiger charge is -2.10. The highest BCUT2D eigenvalue weighted by Crippen LogP contribution is 2.46. The summed E-state index contributed by atoms with van der Waals surface area (Å²) >= 11 is 1.53. The summed E-state index contributed by atoms with van der Waals surface area (Å²) in [5.41, 5.74) is 0.851. The minimum absolute atomic E-state index is 0.131. The number of thiophene rings is 1. The predicted molar refractivity (Wildman–Crippen MR) is 106 cm³/mol. The molecule has 3 aromatic rings. The summed E-state index contributed by atoms with van der Waals surface area (Å²) in [4.78, 5) is 17.1. The first-order valence-corrected chi connectivity index (χ1v) is 9.10. The molecule has 0 amide bonds. The number of aromatic nitrogens is 2. The van der Waals surface area contributed by atoms with Crippen LogP contribution in [0, 0.1) is 0 Å². The highest BCUT2D eigenvalue weighted by Gasteiger charge is 2.22. The average Bonchev–Trinajstić information content (AvgIpc) is 3.23. The van der Waals surface area contributed by atoms with Gasteiger partial charge in [0.2, 0.25) is 11.8 Å². The van der Waals surface area contributed by atoms with Gasteiger partial charge in [0, 0.05) is 31.2 Å². The summed E-state index contributed by atoms with van der Waals surface area (Å²) in [5, 5.41) is 35.7. The zero-order valence-corrected chi connectivity index (χ0v) is 15.9. The molecule has 0 spiro atoms. The highest BCUT2D eigenvalue weighted by molar-refractivity contribution is 7.12. The number of nitrogens with one attached hydrogen (secondary N) is 1. The van der Waals surface area contributed by atoms with Crippen molar-refractivity contribution in [1.82, 2.24) is 9.13 Å². The lowest BCUT2D eigenvalue weighted by atomic mass is 10.2. The number of pyridine rings is 1. The smallest absolute Gasteiger partial charge is 0.254 e. The molecule has 0 radical (unpaired) electrons. The normalized spacial score (nSPS) is 11.7. The Hall–Kier alpha value is -3.20. The Kier molecular flexibility index (Phi) is 4.95. The minimum atomic E-state index is -0.373. The van der Waals surface area contributed by atoms with E-state index in [-0.39, 0.29) is 40.1 Å². The average molecular weight is 388 g/mol. The Morgan fingerprint density at radius 1 is 1.26 bits per heavy atom. The first kappa shape index (κ1) is 18.6. The van der Waals surface area contributed by atoms with Crippen molar-refractivity contribution in [2.45, 2.75) is 13.3 Å². The number of aliphatic imine (C=N–C) groups is 1. The standard InChI is InChI=1S/C18H20N4O4S/c1-4-10(13-6-5-7-27-13)19-15-16(18(26)22(3)17(15)25)20-11-9-21(2)14(24)8-12(11)23/h5-9,20,23,25-26H,4H2,1-3H3. The van der Waals surface area contributed by atoms with Gasteiger partial charge in [-0.1, -0.05) is 13.0 Å². The Morgan fingerprint density at radius 2 is 2.00 bits per heavy atom. The van der Waals surface area contributed by atoms with Crippen molar-refractivity contribution in [2.24, 2.45) is 19.1 Å². The van der Waals surface area contributed by atoms with Crippen LogP contribution in [0.5, 0.6) is 17.5 Å². The van der Waals surface area contributed by atoms with E-state index in [1.807, 2.05) is 24.4 Å². The molecule has 0 bridgehead atoms. The molecule has 0 saturated carbocycles. The van der Waals surface area contributed by atoms with Crippen LogP contribution in [0.2, 0.25) is 0 Å². The number of hydrogen-bond acceptors (Lipinski definition) is 7. The van der Waals surface area contributed by atoms with E-state index in [4.69, 9.17) is 0 Å². The Labute approximate surface area is 159 Å². The lowest BCUT2D eigenvalue weighted by Crippen LogP contribution is -2.14. The second-order valence-electron chi connectivity index (χ2n) is 5.97. The van der Waals surface area contributed by atoms with Gasteiger partial charge in [0.05, 0.1) is 11.4 Å². The maximum Gasteiger partial charge on any atom is 0.254 e. The van der Waals surface area contributed by atoms with Crippen molar-refractivity contribution in [3.05, 3.63) is 45.0 Å². The molecule has 0 atom stereocenters. The molecule has 8 nitrogen and oxygen atoms in total. The van der Waals surface area contributed by atoms with E-state index in [2.05, 4.69) is 10.3 Å². The second-order valence-corrected chi connectivity index (χ2v) is 6.91. The van der Waals surface area contributed by atoms with E-state index in [1.54, 1.807) is 7.05 Å². The van der Waals surface area contributed by atoms with Crippen molar-refractivity contribution in [2.75, 3.05) is 5.32 Å². The van der Waals surface area contributed by atoms with E-state index in [9.17, 15) is 20.1 Å². The third kappa shape index (κ3) is 3.41. The van der Waals surface area contributed by atoms with Crippen molar-refractivity contribution in [3.63, 3.8) is 0 Å². The summed E-state index contributed by atoms with van der Waals surface area (Å²) in [7, 11) is 3.03. The second kappa shape index (κ2) is 7.20. The van der Waals surface area contributed by atoms with Gasteiger partial charge < -0.3 is 25.2 Å². The van der Waals surface area contributed by atoms with E-state index in [1.165, 1.54) is 33.7 Å². The zero-order chi connectivity index (χ0) is 19.7. The van der Waals surface area contributed by atoms with Gasteiger partial charge in [-0.3, -0.25) is 9.36 Å². The molecule has 3 heterocycles. The molecule has 4 N–H and O–H groups in total. The number of rotatable bonds is 5. The van der Waals surface area contributed by atoms with Crippen LogP contribution in [-0.2, 0) is 14.1 Å². The Morgan fingerprint density at radius 3 is 2.63 bits per heavy atom. The van der Waals surface area contributed by atoms with Gasteiger partial charge in [-0.05, 0) is 17.9 Å². The van der Waals surface area contributed by atoms with Gasteiger partial charge in [-0.25, -0.2) is 4.99 Å². The fourth-order valence-electron chi connectivity index (χ4n) is 2.60. The first-order chi connectivity index (χ1) is 12.8. The summed E-state index contributed by atoms with van der Waals surface area (Å²) < 4.78 is 2.47. The molecular weight excluding hydrogens is 368 g/mol. The van der Waals surface area contributed by atoms with Crippen LogP contribution in [0.15, 0.2) is 39.6 Å². The maximum absolute atomic E-state index is 11.6. The maximum atomic E-state index is 11.6. The predicted octanol–water partition coefficient (Wildman–Crippen LogP) is 3.18. The zero-order valence-electron chi connectivity index (χ0n) is 15.1. The fraction of sp³-hybridized carbons (Fsp3) is 0.222. The number of hydrogen-bond donors (Lipinski definition) is 4. The molecule has 0 aromatic carbocycles. The van der Waals surface area contributed by atoms with Gasteiger partial charge in [-0.15, -0.1) is 11.3 Å². The van der Waals surface area contributed by atoms with Gasteiger partial charge >= 0.3 is 0 Å². The third-order valence-electron chi connectivity index (χ3n) is 4.16. The van der Waals surface area contributed by atoms with Gasteiger partial charge in [0.25, 0.3) is 5.56 Å². The molecule has 3 aromatic heterocycles. The molecule has 0 aliphatic rings. The van der Waals surface area contributed by atoms with Crippen LogP contribution in [0.4, 0.5) is 17.1 Å². The minimum Gasteiger partial charge on any atom is -0.506 e. The number of aromatic hydroxyl groups is 3. The largest absolute Gasteiger partial charge is 0.506 e. The quantitative estimate of drug-likeness (QED) is 0.502. The Balaban J connectivity index is 2.13. The third-order valence-corrected chi connectivity index (χ3v) is 5.08. The Bertz CT molecular complexity index is 1060. The fourth-order valence-corrected chi connectivity index (χ4v) is 3.39. The van der Waals surface area contributed by atoms with E-state index in [0.29, 0.717) is 6.42 Å². The van der Waals surface area contributed by atoms with Crippen molar-refractivity contribution >= 4 is 34.1 Å². The summed E-state index contributed by atoms with van der Waals surface area (Å²) in [6, 6.07) is 4.90. The SMILES string of the molecule is CCC(=Nc1c(Nc2cn(C)c(=O)cc2O)c(O)n(C)c1O)c1cccs1. The van der Waals surface area contributed by atoms with Crippen LogP contribution in [0.25, 0.3) is 0 Å². The van der Waals surface area contributed by atoms with Crippen LogP contribution >= 0.6 is 11.3 Å². The number of anilines is 2. The molecule has 0 fully saturated rings. The van der Waals surface area contributed by atoms with Crippen molar-refractivity contribution in [3.8, 4) is 17.5 Å². The molecule has 27 heavy (non-hydrogen) atoms. The molecular formula is C18H20N4O4S. The molecule has 9 heteroatoms. The monoisotopic (exact) mass is 388 g/mol.